The molecule has 2 aliphatic heterocycles. The Hall–Kier alpha value is -2.44. The van der Waals surface area contributed by atoms with Gasteiger partial charge in [-0.05, 0) is 49.1 Å². The van der Waals surface area contributed by atoms with E-state index in [1.807, 2.05) is 18.2 Å². The molecular formula is C23H30N4O2. The first-order chi connectivity index (χ1) is 14.1. The number of carbonyl (C=O) groups excluding carboxylic acids is 1. The standard InChI is InChI=1S/C23H30N4O2/c28-22(10-5-13-26-15-19-7-1-2-8-20(19)16-26)25-17-23(29)11-6-14-27(18-23)21-9-3-4-12-24-21/h1-4,7-9,12,29H,5-6,10-11,13-18H2,(H,25,28). The first-order valence-electron chi connectivity index (χ1n) is 10.6. The van der Waals surface area contributed by atoms with Crippen LogP contribution in [0.4, 0.5) is 5.82 Å². The Labute approximate surface area is 172 Å². The van der Waals surface area contributed by atoms with Crippen LogP contribution >= 0.6 is 0 Å². The van der Waals surface area contributed by atoms with Crippen molar-refractivity contribution in [3.05, 3.63) is 59.8 Å². The van der Waals surface area contributed by atoms with Crippen molar-refractivity contribution in [1.29, 1.82) is 0 Å². The number of nitrogens with zero attached hydrogens (tertiary/aromatic N) is 3. The molecule has 2 aromatic rings. The minimum Gasteiger partial charge on any atom is -0.386 e. The number of pyridine rings is 1. The van der Waals surface area contributed by atoms with Gasteiger partial charge in [-0.3, -0.25) is 9.69 Å². The minimum atomic E-state index is -0.901. The Balaban J connectivity index is 1.18. The van der Waals surface area contributed by atoms with Gasteiger partial charge in [0.25, 0.3) is 0 Å². The summed E-state index contributed by atoms with van der Waals surface area (Å²) in [6.45, 7) is 4.54. The van der Waals surface area contributed by atoms with E-state index in [1.165, 1.54) is 11.1 Å². The van der Waals surface area contributed by atoms with E-state index in [0.717, 1.165) is 44.8 Å². The van der Waals surface area contributed by atoms with Crippen molar-refractivity contribution < 1.29 is 9.90 Å². The van der Waals surface area contributed by atoms with E-state index in [0.29, 0.717) is 25.9 Å². The van der Waals surface area contributed by atoms with Crippen molar-refractivity contribution >= 4 is 11.7 Å². The van der Waals surface area contributed by atoms with Crippen molar-refractivity contribution in [3.8, 4) is 0 Å². The Morgan fingerprint density at radius 2 is 1.90 bits per heavy atom. The second kappa shape index (κ2) is 8.93. The fourth-order valence-corrected chi connectivity index (χ4v) is 4.37. The number of fused-ring (bicyclic) bond motifs is 1. The van der Waals surface area contributed by atoms with Crippen molar-refractivity contribution in [1.82, 2.24) is 15.2 Å². The van der Waals surface area contributed by atoms with Crippen molar-refractivity contribution in [2.75, 3.05) is 31.1 Å². The van der Waals surface area contributed by atoms with Crippen LogP contribution in [-0.2, 0) is 17.9 Å². The zero-order chi connectivity index (χ0) is 20.1. The fraction of sp³-hybridized carbons (Fsp3) is 0.478. The molecule has 1 fully saturated rings. The summed E-state index contributed by atoms with van der Waals surface area (Å²) in [5.41, 5.74) is 1.89. The molecule has 3 heterocycles. The number of piperidine rings is 1. The maximum Gasteiger partial charge on any atom is 0.220 e. The van der Waals surface area contributed by atoms with E-state index in [4.69, 9.17) is 0 Å². The maximum atomic E-state index is 12.3. The van der Waals surface area contributed by atoms with Gasteiger partial charge in [-0.2, -0.15) is 0 Å². The molecule has 0 radical (unpaired) electrons. The summed E-state index contributed by atoms with van der Waals surface area (Å²) in [6, 6.07) is 14.3. The molecule has 2 aliphatic rings. The zero-order valence-electron chi connectivity index (χ0n) is 16.9. The molecule has 4 rings (SSSR count). The van der Waals surface area contributed by atoms with Crippen LogP contribution in [-0.4, -0.2) is 52.7 Å². The number of aliphatic hydroxyl groups is 1. The minimum absolute atomic E-state index is 0.0186. The first kappa shape index (κ1) is 19.9. The molecule has 0 aliphatic carbocycles. The Morgan fingerprint density at radius 1 is 1.14 bits per heavy atom. The third-order valence-electron chi connectivity index (χ3n) is 5.93. The van der Waals surface area contributed by atoms with Gasteiger partial charge in [-0.25, -0.2) is 4.98 Å². The third-order valence-corrected chi connectivity index (χ3v) is 5.93. The number of benzene rings is 1. The van der Waals surface area contributed by atoms with Gasteiger partial charge in [0, 0.05) is 45.3 Å². The largest absolute Gasteiger partial charge is 0.386 e. The fourth-order valence-electron chi connectivity index (χ4n) is 4.37. The quantitative estimate of drug-likeness (QED) is 0.754. The predicted octanol–water partition coefficient (Wildman–Crippen LogP) is 2.33. The highest BCUT2D eigenvalue weighted by Crippen LogP contribution is 2.24. The van der Waals surface area contributed by atoms with E-state index in [-0.39, 0.29) is 5.91 Å². The van der Waals surface area contributed by atoms with E-state index in [2.05, 4.69) is 44.4 Å². The molecule has 1 atom stereocenters. The van der Waals surface area contributed by atoms with E-state index < -0.39 is 5.60 Å². The summed E-state index contributed by atoms with van der Waals surface area (Å²) in [5, 5.41) is 13.9. The second-order valence-corrected chi connectivity index (χ2v) is 8.30. The van der Waals surface area contributed by atoms with E-state index in [9.17, 15) is 9.90 Å². The lowest BCUT2D eigenvalue weighted by molar-refractivity contribution is -0.122. The Bertz CT molecular complexity index is 804. The van der Waals surface area contributed by atoms with Crippen LogP contribution in [0.5, 0.6) is 0 Å². The van der Waals surface area contributed by atoms with Crippen LogP contribution in [0.3, 0.4) is 0 Å². The van der Waals surface area contributed by atoms with Crippen molar-refractivity contribution in [2.45, 2.75) is 44.4 Å². The number of carbonyl (C=O) groups is 1. The van der Waals surface area contributed by atoms with Crippen LogP contribution in [0.2, 0.25) is 0 Å². The average molecular weight is 395 g/mol. The van der Waals surface area contributed by atoms with Crippen molar-refractivity contribution in [2.24, 2.45) is 0 Å². The molecule has 0 spiro atoms. The molecule has 6 heteroatoms. The molecule has 1 unspecified atom stereocenters. The lowest BCUT2D eigenvalue weighted by Crippen LogP contribution is -2.54. The number of anilines is 1. The summed E-state index contributed by atoms with van der Waals surface area (Å²) in [5.74, 6) is 0.897. The topological polar surface area (TPSA) is 68.7 Å². The highest BCUT2D eigenvalue weighted by molar-refractivity contribution is 5.75. The van der Waals surface area contributed by atoms with Crippen LogP contribution in [0, 0.1) is 0 Å². The number of rotatable bonds is 7. The summed E-state index contributed by atoms with van der Waals surface area (Å²) < 4.78 is 0. The monoisotopic (exact) mass is 394 g/mol. The van der Waals surface area contributed by atoms with Gasteiger partial charge in [0.1, 0.15) is 5.82 Å². The molecule has 2 N–H and O–H groups in total. The first-order valence-corrected chi connectivity index (χ1v) is 10.6. The van der Waals surface area contributed by atoms with Gasteiger partial charge in [0.2, 0.25) is 5.91 Å². The molecule has 1 saturated heterocycles. The van der Waals surface area contributed by atoms with Crippen molar-refractivity contribution in [3.63, 3.8) is 0 Å². The summed E-state index contributed by atoms with van der Waals surface area (Å²) in [7, 11) is 0. The normalized spacial score (nSPS) is 21.8. The highest BCUT2D eigenvalue weighted by Gasteiger charge is 2.34. The molecule has 154 valence electrons. The SMILES string of the molecule is O=C(CCCN1Cc2ccccc2C1)NCC1(O)CCCN(c2ccccn2)C1. The van der Waals surface area contributed by atoms with Crippen LogP contribution in [0.25, 0.3) is 0 Å². The van der Waals surface area contributed by atoms with Crippen LogP contribution in [0.15, 0.2) is 48.7 Å². The number of hydrogen-bond acceptors (Lipinski definition) is 5. The Morgan fingerprint density at radius 3 is 2.62 bits per heavy atom. The van der Waals surface area contributed by atoms with Gasteiger partial charge in [-0.15, -0.1) is 0 Å². The van der Waals surface area contributed by atoms with E-state index in [1.54, 1.807) is 6.20 Å². The molecule has 29 heavy (non-hydrogen) atoms. The van der Waals surface area contributed by atoms with Crippen LogP contribution in [0.1, 0.15) is 36.8 Å². The van der Waals surface area contributed by atoms with Gasteiger partial charge >= 0.3 is 0 Å². The molecule has 1 aromatic heterocycles. The number of amides is 1. The third kappa shape index (κ3) is 5.14. The average Bonchev–Trinajstić information content (AvgIpc) is 3.16. The lowest BCUT2D eigenvalue weighted by atomic mass is 9.92. The lowest BCUT2D eigenvalue weighted by Gasteiger charge is -2.39. The summed E-state index contributed by atoms with van der Waals surface area (Å²) >= 11 is 0. The molecule has 1 aromatic carbocycles. The van der Waals surface area contributed by atoms with Gasteiger partial charge in [0.05, 0.1) is 5.60 Å². The van der Waals surface area contributed by atoms with E-state index >= 15 is 0 Å². The number of aromatic nitrogens is 1. The van der Waals surface area contributed by atoms with Crippen LogP contribution < -0.4 is 10.2 Å². The molecule has 0 saturated carbocycles. The Kier molecular flexibility index (Phi) is 6.11. The molecular weight excluding hydrogens is 364 g/mol. The predicted molar refractivity (Wildman–Crippen MR) is 113 cm³/mol. The second-order valence-electron chi connectivity index (χ2n) is 8.30. The maximum absolute atomic E-state index is 12.3. The molecule has 6 nitrogen and oxygen atoms in total. The zero-order valence-corrected chi connectivity index (χ0v) is 16.9. The van der Waals surface area contributed by atoms with Gasteiger partial charge in [-0.1, -0.05) is 30.3 Å². The number of β-amino-alcohol motifs (C(OH)–C–C–N with tert-alkyl or cyclic N) is 1. The summed E-state index contributed by atoms with van der Waals surface area (Å²) in [4.78, 5) is 21.2. The smallest absolute Gasteiger partial charge is 0.220 e. The molecule has 0 bridgehead atoms. The highest BCUT2D eigenvalue weighted by atomic mass is 16.3. The number of nitrogens with one attached hydrogen (secondary N) is 1. The number of hydrogen-bond donors (Lipinski definition) is 2. The molecule has 1 amide bonds. The van der Waals surface area contributed by atoms with Gasteiger partial charge in [0.15, 0.2) is 0 Å². The van der Waals surface area contributed by atoms with Gasteiger partial charge < -0.3 is 15.3 Å². The summed E-state index contributed by atoms with van der Waals surface area (Å²) in [6.07, 6.45) is 4.68.